The fraction of sp³-hybridized carbons (Fsp3) is 0.353. The fourth-order valence-corrected chi connectivity index (χ4v) is 2.93. The summed E-state index contributed by atoms with van der Waals surface area (Å²) < 4.78 is 7.50. The Balaban J connectivity index is 1.84. The molecule has 1 N–H and O–H groups in total. The van der Waals surface area contributed by atoms with E-state index in [4.69, 9.17) is 16.3 Å². The predicted molar refractivity (Wildman–Crippen MR) is 92.1 cm³/mol. The molecule has 0 aliphatic rings. The van der Waals surface area contributed by atoms with Crippen LogP contribution in [-0.2, 0) is 18.2 Å². The Kier molecular flexibility index (Phi) is 4.57. The number of hydrogen-bond acceptors (Lipinski definition) is 4. The molecule has 6 nitrogen and oxygen atoms in total. The van der Waals surface area contributed by atoms with Crippen molar-refractivity contribution in [2.45, 2.75) is 32.8 Å². The van der Waals surface area contributed by atoms with Gasteiger partial charge in [0.05, 0.1) is 17.2 Å². The van der Waals surface area contributed by atoms with Gasteiger partial charge in [-0.15, -0.1) is 0 Å². The molecule has 0 aliphatic carbocycles. The smallest absolute Gasteiger partial charge is 0.342 e. The second kappa shape index (κ2) is 6.65. The predicted octanol–water partition coefficient (Wildman–Crippen LogP) is 3.82. The number of aromatic nitrogens is 4. The summed E-state index contributed by atoms with van der Waals surface area (Å²) in [5.41, 5.74) is 2.99. The van der Waals surface area contributed by atoms with Crippen molar-refractivity contribution in [3.63, 3.8) is 0 Å². The maximum atomic E-state index is 12.4. The van der Waals surface area contributed by atoms with Gasteiger partial charge < -0.3 is 9.30 Å². The molecule has 1 atom stereocenters. The minimum absolute atomic E-state index is 0.398. The van der Waals surface area contributed by atoms with E-state index in [-0.39, 0.29) is 0 Å². The number of H-pyrrole nitrogens is 1. The number of rotatable bonds is 5. The first-order valence-corrected chi connectivity index (χ1v) is 8.24. The summed E-state index contributed by atoms with van der Waals surface area (Å²) in [6.07, 6.45) is 2.69. The Morgan fingerprint density at radius 1 is 1.46 bits per heavy atom. The van der Waals surface area contributed by atoms with Crippen LogP contribution in [0.4, 0.5) is 0 Å². The lowest BCUT2D eigenvalue weighted by Gasteiger charge is -2.13. The first-order chi connectivity index (χ1) is 11.5. The number of fused-ring (bicyclic) bond motifs is 1. The van der Waals surface area contributed by atoms with Crippen LogP contribution < -0.4 is 0 Å². The molecule has 2 aromatic heterocycles. The Bertz CT molecular complexity index is 884. The van der Waals surface area contributed by atoms with Gasteiger partial charge in [-0.25, -0.2) is 9.78 Å². The number of aryl methyl sites for hydroxylation is 2. The Morgan fingerprint density at radius 3 is 3.00 bits per heavy atom. The van der Waals surface area contributed by atoms with Crippen molar-refractivity contribution >= 4 is 28.6 Å². The number of benzene rings is 1. The number of hydrogen-bond donors (Lipinski definition) is 1. The highest BCUT2D eigenvalue weighted by Gasteiger charge is 2.22. The van der Waals surface area contributed by atoms with E-state index in [2.05, 4.69) is 15.2 Å². The number of halogens is 1. The lowest BCUT2D eigenvalue weighted by atomic mass is 10.1. The summed E-state index contributed by atoms with van der Waals surface area (Å²) in [7, 11) is 1.89. The number of carbonyl (C=O) groups excluding carboxylic acids is 1. The van der Waals surface area contributed by atoms with Crippen molar-refractivity contribution in [3.8, 4) is 0 Å². The van der Waals surface area contributed by atoms with E-state index in [1.165, 1.54) is 6.20 Å². The molecule has 2 heterocycles. The SMILES string of the molecule is CCCc1[nH]ncc1C(=O)O[C@H](C)c1nc2cc(Cl)ccc2n1C. The molecule has 3 rings (SSSR count). The zero-order valence-corrected chi connectivity index (χ0v) is 14.6. The van der Waals surface area contributed by atoms with Gasteiger partial charge in [-0.3, -0.25) is 5.10 Å². The van der Waals surface area contributed by atoms with Crippen molar-refractivity contribution in [2.75, 3.05) is 0 Å². The number of ether oxygens (including phenoxy) is 1. The lowest BCUT2D eigenvalue weighted by Crippen LogP contribution is -2.13. The molecule has 0 radical (unpaired) electrons. The average molecular weight is 347 g/mol. The van der Waals surface area contributed by atoms with Crippen molar-refractivity contribution in [1.29, 1.82) is 0 Å². The molecule has 24 heavy (non-hydrogen) atoms. The Hall–Kier alpha value is -2.34. The number of carbonyl (C=O) groups is 1. The van der Waals surface area contributed by atoms with Crippen molar-refractivity contribution in [3.05, 3.63) is 46.5 Å². The van der Waals surface area contributed by atoms with Gasteiger partial charge in [0, 0.05) is 17.8 Å². The summed E-state index contributed by atoms with van der Waals surface area (Å²) in [4.78, 5) is 17.0. The molecule has 0 fully saturated rings. The maximum absolute atomic E-state index is 12.4. The highest BCUT2D eigenvalue weighted by Crippen LogP contribution is 2.25. The van der Waals surface area contributed by atoms with Crippen LogP contribution >= 0.6 is 11.6 Å². The third kappa shape index (κ3) is 3.01. The van der Waals surface area contributed by atoms with E-state index in [9.17, 15) is 4.79 Å². The van der Waals surface area contributed by atoms with Crippen LogP contribution in [0.3, 0.4) is 0 Å². The zero-order chi connectivity index (χ0) is 17.3. The summed E-state index contributed by atoms with van der Waals surface area (Å²) in [6.45, 7) is 3.85. The summed E-state index contributed by atoms with van der Waals surface area (Å²) in [5, 5.41) is 7.42. The number of esters is 1. The number of nitrogens with zero attached hydrogens (tertiary/aromatic N) is 3. The van der Waals surface area contributed by atoms with Gasteiger partial charge in [-0.1, -0.05) is 24.9 Å². The maximum Gasteiger partial charge on any atom is 0.342 e. The molecular formula is C17H19ClN4O2. The summed E-state index contributed by atoms with van der Waals surface area (Å²) in [6, 6.07) is 5.51. The topological polar surface area (TPSA) is 72.8 Å². The second-order valence-corrected chi connectivity index (χ2v) is 6.16. The monoisotopic (exact) mass is 346 g/mol. The molecule has 0 amide bonds. The van der Waals surface area contributed by atoms with E-state index in [1.807, 2.05) is 30.7 Å². The van der Waals surface area contributed by atoms with Crippen molar-refractivity contribution < 1.29 is 9.53 Å². The fourth-order valence-electron chi connectivity index (χ4n) is 2.76. The molecule has 0 aliphatic heterocycles. The van der Waals surface area contributed by atoms with E-state index >= 15 is 0 Å². The first kappa shape index (κ1) is 16.5. The van der Waals surface area contributed by atoms with Gasteiger partial charge in [-0.2, -0.15) is 5.10 Å². The van der Waals surface area contributed by atoms with Gasteiger partial charge >= 0.3 is 5.97 Å². The van der Waals surface area contributed by atoms with Gasteiger partial charge in [0.1, 0.15) is 5.56 Å². The summed E-state index contributed by atoms with van der Waals surface area (Å²) >= 11 is 6.01. The molecule has 0 spiro atoms. The van der Waals surface area contributed by atoms with E-state index < -0.39 is 12.1 Å². The highest BCUT2D eigenvalue weighted by molar-refractivity contribution is 6.31. The molecule has 0 bridgehead atoms. The molecule has 3 aromatic rings. The molecule has 126 valence electrons. The van der Waals surface area contributed by atoms with E-state index in [0.29, 0.717) is 16.4 Å². The van der Waals surface area contributed by atoms with Crippen LogP contribution in [0.2, 0.25) is 5.02 Å². The third-order valence-corrected chi connectivity index (χ3v) is 4.20. The third-order valence-electron chi connectivity index (χ3n) is 3.96. The van der Waals surface area contributed by atoms with Crippen LogP contribution in [0.15, 0.2) is 24.4 Å². The van der Waals surface area contributed by atoms with Gasteiger partial charge in [0.25, 0.3) is 0 Å². The minimum atomic E-state index is -0.488. The first-order valence-electron chi connectivity index (χ1n) is 7.86. The van der Waals surface area contributed by atoms with E-state index in [1.54, 1.807) is 13.0 Å². The van der Waals surface area contributed by atoms with Crippen molar-refractivity contribution in [2.24, 2.45) is 7.05 Å². The highest BCUT2D eigenvalue weighted by atomic mass is 35.5. The quantitative estimate of drug-likeness (QED) is 0.713. The van der Waals surface area contributed by atoms with Crippen molar-refractivity contribution in [1.82, 2.24) is 19.7 Å². The van der Waals surface area contributed by atoms with Gasteiger partial charge in [0.15, 0.2) is 11.9 Å². The normalized spacial score (nSPS) is 12.5. The number of imidazole rings is 1. The lowest BCUT2D eigenvalue weighted by molar-refractivity contribution is 0.0314. The van der Waals surface area contributed by atoms with Crippen LogP contribution in [0.5, 0.6) is 0 Å². The van der Waals surface area contributed by atoms with Crippen LogP contribution in [0.1, 0.15) is 48.2 Å². The minimum Gasteiger partial charge on any atom is -0.451 e. The molecule has 0 unspecified atom stereocenters. The van der Waals surface area contributed by atoms with Crippen LogP contribution in [0, 0.1) is 0 Å². The standard InChI is InChI=1S/C17H19ClN4O2/c1-4-5-13-12(9-19-21-13)17(23)24-10(2)16-20-14-8-11(18)6-7-15(14)22(16)3/h6-10H,4-5H2,1-3H3,(H,19,21)/t10-/m1/s1. The number of nitrogens with one attached hydrogen (secondary N) is 1. The van der Waals surface area contributed by atoms with Gasteiger partial charge in [-0.05, 0) is 31.5 Å². The molecule has 7 heteroatoms. The molecule has 1 aromatic carbocycles. The number of aromatic amines is 1. The molecule has 0 saturated carbocycles. The van der Waals surface area contributed by atoms with Crippen LogP contribution in [0.25, 0.3) is 11.0 Å². The molecule has 0 saturated heterocycles. The Labute approximate surface area is 144 Å². The average Bonchev–Trinajstić information content (AvgIpc) is 3.12. The molecular weight excluding hydrogens is 328 g/mol. The second-order valence-electron chi connectivity index (χ2n) is 5.72. The Morgan fingerprint density at radius 2 is 2.25 bits per heavy atom. The summed E-state index contributed by atoms with van der Waals surface area (Å²) in [5.74, 6) is 0.269. The van der Waals surface area contributed by atoms with Crippen LogP contribution in [-0.4, -0.2) is 25.7 Å². The van der Waals surface area contributed by atoms with E-state index in [0.717, 1.165) is 29.6 Å². The van der Waals surface area contributed by atoms with Gasteiger partial charge in [0.2, 0.25) is 0 Å². The largest absolute Gasteiger partial charge is 0.451 e. The zero-order valence-electron chi connectivity index (χ0n) is 13.8.